The van der Waals surface area contributed by atoms with Crippen molar-refractivity contribution in [1.82, 2.24) is 4.98 Å². The fraction of sp³-hybridized carbons (Fsp3) is 0.118. The Kier molecular flexibility index (Phi) is 4.17. The Morgan fingerprint density at radius 1 is 1.10 bits per heavy atom. The summed E-state index contributed by atoms with van der Waals surface area (Å²) in [7, 11) is 1.68. The minimum atomic E-state index is 0.735. The van der Waals surface area contributed by atoms with Crippen LogP contribution in [0.4, 0.5) is 5.69 Å². The molecule has 0 atom stereocenters. The Morgan fingerprint density at radius 2 is 1.95 bits per heavy atom. The molecule has 0 spiro atoms. The number of hydrogen-bond acceptors (Lipinski definition) is 4. The second-order valence-electron chi connectivity index (χ2n) is 4.58. The first-order valence-corrected chi connectivity index (χ1v) is 7.61. The van der Waals surface area contributed by atoms with Crippen LogP contribution in [-0.4, -0.2) is 12.1 Å². The van der Waals surface area contributed by atoms with E-state index in [9.17, 15) is 0 Å². The van der Waals surface area contributed by atoms with Crippen molar-refractivity contribution in [3.05, 3.63) is 65.0 Å². The van der Waals surface area contributed by atoms with Crippen molar-refractivity contribution in [2.75, 3.05) is 12.4 Å². The van der Waals surface area contributed by atoms with Gasteiger partial charge in [-0.15, -0.1) is 11.3 Å². The SMILES string of the molecule is COc1cccc(-c2csc(CNc3ccccc3)n2)c1. The Morgan fingerprint density at radius 3 is 2.76 bits per heavy atom. The summed E-state index contributed by atoms with van der Waals surface area (Å²) in [5.41, 5.74) is 3.18. The third-order valence-corrected chi connectivity index (χ3v) is 3.98. The number of aromatic nitrogens is 1. The van der Waals surface area contributed by atoms with Gasteiger partial charge in [0.1, 0.15) is 10.8 Å². The van der Waals surface area contributed by atoms with Gasteiger partial charge in [-0.05, 0) is 24.3 Å². The molecule has 0 aliphatic rings. The van der Waals surface area contributed by atoms with Crippen molar-refractivity contribution in [2.24, 2.45) is 0 Å². The highest BCUT2D eigenvalue weighted by Gasteiger charge is 2.05. The van der Waals surface area contributed by atoms with Crippen molar-refractivity contribution in [3.63, 3.8) is 0 Å². The van der Waals surface area contributed by atoms with Crippen molar-refractivity contribution < 1.29 is 4.74 Å². The Labute approximate surface area is 128 Å². The first-order chi connectivity index (χ1) is 10.3. The van der Waals surface area contributed by atoms with Crippen molar-refractivity contribution >= 4 is 17.0 Å². The second-order valence-corrected chi connectivity index (χ2v) is 5.52. The van der Waals surface area contributed by atoms with Crippen LogP contribution in [0.15, 0.2) is 60.0 Å². The number of anilines is 1. The van der Waals surface area contributed by atoms with Crippen LogP contribution in [-0.2, 0) is 6.54 Å². The Balaban J connectivity index is 1.71. The summed E-state index contributed by atoms with van der Waals surface area (Å²) in [6.07, 6.45) is 0. The van der Waals surface area contributed by atoms with Crippen molar-refractivity contribution in [2.45, 2.75) is 6.54 Å². The van der Waals surface area contributed by atoms with Crippen molar-refractivity contribution in [3.8, 4) is 17.0 Å². The number of hydrogen-bond donors (Lipinski definition) is 1. The van der Waals surface area contributed by atoms with Gasteiger partial charge < -0.3 is 10.1 Å². The molecule has 0 fully saturated rings. The topological polar surface area (TPSA) is 34.1 Å². The molecule has 1 aromatic heterocycles. The first kappa shape index (κ1) is 13.6. The van der Waals surface area contributed by atoms with Gasteiger partial charge in [0.05, 0.1) is 19.3 Å². The van der Waals surface area contributed by atoms with Gasteiger partial charge in [0.15, 0.2) is 0 Å². The molecule has 0 aliphatic carbocycles. The monoisotopic (exact) mass is 296 g/mol. The number of rotatable bonds is 5. The number of ether oxygens (including phenoxy) is 1. The van der Waals surface area contributed by atoms with Crippen LogP contribution in [0.1, 0.15) is 5.01 Å². The van der Waals surface area contributed by atoms with Crippen LogP contribution in [0.5, 0.6) is 5.75 Å². The molecule has 21 heavy (non-hydrogen) atoms. The van der Waals surface area contributed by atoms with Gasteiger partial charge in [0, 0.05) is 16.6 Å². The van der Waals surface area contributed by atoms with Gasteiger partial charge in [-0.25, -0.2) is 4.98 Å². The molecule has 4 heteroatoms. The number of thiazole rings is 1. The zero-order valence-corrected chi connectivity index (χ0v) is 12.6. The highest BCUT2D eigenvalue weighted by molar-refractivity contribution is 7.09. The lowest BCUT2D eigenvalue weighted by Gasteiger charge is -2.03. The van der Waals surface area contributed by atoms with Crippen LogP contribution in [0.3, 0.4) is 0 Å². The van der Waals surface area contributed by atoms with Gasteiger partial charge in [-0.2, -0.15) is 0 Å². The lowest BCUT2D eigenvalue weighted by molar-refractivity contribution is 0.415. The normalized spacial score (nSPS) is 10.3. The zero-order chi connectivity index (χ0) is 14.5. The van der Waals surface area contributed by atoms with E-state index in [-0.39, 0.29) is 0 Å². The molecule has 1 N–H and O–H groups in total. The number of methoxy groups -OCH3 is 1. The van der Waals surface area contributed by atoms with Gasteiger partial charge in [-0.3, -0.25) is 0 Å². The van der Waals surface area contributed by atoms with Crippen LogP contribution in [0.2, 0.25) is 0 Å². The minimum absolute atomic E-state index is 0.735. The summed E-state index contributed by atoms with van der Waals surface area (Å²) >= 11 is 1.66. The quantitative estimate of drug-likeness (QED) is 0.756. The maximum absolute atomic E-state index is 5.25. The fourth-order valence-corrected chi connectivity index (χ4v) is 2.78. The molecule has 0 bridgehead atoms. The van der Waals surface area contributed by atoms with Crippen LogP contribution in [0, 0.1) is 0 Å². The predicted molar refractivity (Wildman–Crippen MR) is 87.9 cm³/mol. The Hall–Kier alpha value is -2.33. The smallest absolute Gasteiger partial charge is 0.119 e. The maximum Gasteiger partial charge on any atom is 0.119 e. The molecular formula is C17H16N2OS. The van der Waals surface area contributed by atoms with E-state index in [0.29, 0.717) is 0 Å². The predicted octanol–water partition coefficient (Wildman–Crippen LogP) is 4.43. The Bertz CT molecular complexity index is 710. The molecule has 0 radical (unpaired) electrons. The summed E-state index contributed by atoms with van der Waals surface area (Å²) < 4.78 is 5.25. The number of nitrogens with one attached hydrogen (secondary N) is 1. The third kappa shape index (κ3) is 3.41. The highest BCUT2D eigenvalue weighted by Crippen LogP contribution is 2.25. The molecule has 3 aromatic rings. The molecule has 0 saturated heterocycles. The van der Waals surface area contributed by atoms with E-state index >= 15 is 0 Å². The lowest BCUT2D eigenvalue weighted by atomic mass is 10.2. The molecule has 106 valence electrons. The molecule has 2 aromatic carbocycles. The van der Waals surface area contributed by atoms with Gasteiger partial charge in [0.2, 0.25) is 0 Å². The van der Waals surface area contributed by atoms with Crippen LogP contribution >= 0.6 is 11.3 Å². The number of para-hydroxylation sites is 1. The van der Waals surface area contributed by atoms with Gasteiger partial charge >= 0.3 is 0 Å². The van der Waals surface area contributed by atoms with E-state index in [1.54, 1.807) is 18.4 Å². The zero-order valence-electron chi connectivity index (χ0n) is 11.7. The van der Waals surface area contributed by atoms with Gasteiger partial charge in [0.25, 0.3) is 0 Å². The summed E-state index contributed by atoms with van der Waals surface area (Å²) in [6.45, 7) is 0.735. The van der Waals surface area contributed by atoms with E-state index in [1.807, 2.05) is 42.5 Å². The molecule has 0 amide bonds. The molecule has 1 heterocycles. The van der Waals surface area contributed by atoms with E-state index < -0.39 is 0 Å². The minimum Gasteiger partial charge on any atom is -0.497 e. The molecule has 0 saturated carbocycles. The average Bonchev–Trinajstić information content (AvgIpc) is 3.03. The molecular weight excluding hydrogens is 280 g/mol. The molecule has 0 unspecified atom stereocenters. The molecule has 0 aliphatic heterocycles. The highest BCUT2D eigenvalue weighted by atomic mass is 32.1. The number of nitrogens with zero attached hydrogens (tertiary/aromatic N) is 1. The van der Waals surface area contributed by atoms with E-state index in [4.69, 9.17) is 4.74 Å². The summed E-state index contributed by atoms with van der Waals surface area (Å²) in [6, 6.07) is 18.1. The lowest BCUT2D eigenvalue weighted by Crippen LogP contribution is -1.98. The largest absolute Gasteiger partial charge is 0.497 e. The molecule has 3 nitrogen and oxygen atoms in total. The van der Waals surface area contributed by atoms with Gasteiger partial charge in [-0.1, -0.05) is 30.3 Å². The summed E-state index contributed by atoms with van der Waals surface area (Å²) in [5.74, 6) is 0.851. The van der Waals surface area contributed by atoms with E-state index in [1.165, 1.54) is 0 Å². The summed E-state index contributed by atoms with van der Waals surface area (Å²) in [5, 5.41) is 6.52. The maximum atomic E-state index is 5.25. The van der Waals surface area contributed by atoms with E-state index in [2.05, 4.69) is 27.8 Å². The van der Waals surface area contributed by atoms with E-state index in [0.717, 1.165) is 34.2 Å². The average molecular weight is 296 g/mol. The first-order valence-electron chi connectivity index (χ1n) is 6.73. The second kappa shape index (κ2) is 6.41. The number of benzene rings is 2. The molecule has 3 rings (SSSR count). The summed E-state index contributed by atoms with van der Waals surface area (Å²) in [4.78, 5) is 4.67. The van der Waals surface area contributed by atoms with Crippen molar-refractivity contribution in [1.29, 1.82) is 0 Å². The standard InChI is InChI=1S/C17H16N2OS/c1-20-15-9-5-6-13(10-15)16-12-21-17(19-16)11-18-14-7-3-2-4-8-14/h2-10,12,18H,11H2,1H3. The van der Waals surface area contributed by atoms with Crippen LogP contribution < -0.4 is 10.1 Å². The fourth-order valence-electron chi connectivity index (χ4n) is 2.04. The third-order valence-electron chi connectivity index (χ3n) is 3.13. The van der Waals surface area contributed by atoms with Crippen LogP contribution in [0.25, 0.3) is 11.3 Å².